The van der Waals surface area contributed by atoms with Gasteiger partial charge in [0, 0.05) is 89.5 Å². The highest BCUT2D eigenvalue weighted by Crippen LogP contribution is 2.52. The summed E-state index contributed by atoms with van der Waals surface area (Å²) < 4.78 is 25.6. The van der Waals surface area contributed by atoms with Gasteiger partial charge in [-0.1, -0.05) is 317 Å². The highest BCUT2D eigenvalue weighted by molar-refractivity contribution is 7.24. The van der Waals surface area contributed by atoms with Crippen molar-refractivity contribution in [1.82, 2.24) is 28.7 Å². The third-order valence-electron chi connectivity index (χ3n) is 31.5. The minimum Gasteiger partial charge on any atom is -0.454 e. The Morgan fingerprint density at radius 3 is 0.853 bits per heavy atom. The minimum absolute atomic E-state index is 0.135. The first-order valence-corrected chi connectivity index (χ1v) is 53.1. The van der Waals surface area contributed by atoms with Crippen LogP contribution >= 0.6 is 0 Å². The fourth-order valence-electron chi connectivity index (χ4n) is 25.2. The van der Waals surface area contributed by atoms with Gasteiger partial charge in [0.2, 0.25) is 0 Å². The predicted molar refractivity (Wildman–Crippen MR) is 596 cm³/mol. The molecule has 19 aromatic carbocycles. The summed E-state index contributed by atoms with van der Waals surface area (Å²) in [6.07, 6.45) is 5.51. The van der Waals surface area contributed by atoms with Gasteiger partial charge >= 0.3 is 0 Å². The van der Waals surface area contributed by atoms with Gasteiger partial charge in [-0.15, -0.1) is 0 Å². The van der Waals surface area contributed by atoms with E-state index >= 15 is 0 Å². The van der Waals surface area contributed by atoms with Crippen LogP contribution in [0.1, 0.15) is 25.0 Å². The summed E-state index contributed by atoms with van der Waals surface area (Å²) in [5.41, 5.74) is 39.1. The fraction of sp³-hybridized carbons (Fsp3) is 0.0227. The van der Waals surface area contributed by atoms with Crippen LogP contribution in [0.15, 0.2) is 487 Å². The van der Waals surface area contributed by atoms with Gasteiger partial charge in [0.05, 0.1) is 33.1 Å². The van der Waals surface area contributed by atoms with E-state index < -0.39 is 16.1 Å². The van der Waals surface area contributed by atoms with E-state index in [4.69, 9.17) is 13.3 Å². The molecule has 0 N–H and O–H groups in total. The molecule has 0 saturated carbocycles. The summed E-state index contributed by atoms with van der Waals surface area (Å²) in [6.45, 7) is 4.71. The fourth-order valence-corrected chi connectivity index (χ4v) is 36.1. The van der Waals surface area contributed by atoms with Crippen LogP contribution in [0.5, 0.6) is 0 Å². The number of fused-ring (bicyclic) bond motifs is 34. The molecule has 32 rings (SSSR count). The zero-order valence-electron chi connectivity index (χ0n) is 77.9. The number of para-hydroxylation sites is 6. The van der Waals surface area contributed by atoms with Crippen molar-refractivity contribution in [2.24, 2.45) is 0 Å². The average molecular weight is 1860 g/mol. The molecule has 0 bridgehead atoms. The SMILES string of the molecule is CC1(C)c2cc(-c3ccc4oc5cccnc5c4c3)ccc2-c2ccc(-n3c4ccccc4c4ccccc43)cc21.c1ccc([Si]2(c3ccccc3)c3cc(-c4ccc5oc6cccnc6c5c4)ccc3-c3ccc(-n4c5ccccc5c5ccccc54)cc32)cc1.c1ccc2c(c1)-c1ccccc1[Si]21c2cc(-c3ccc4oc5cccnc5c4c3)ccc2-c2ccc(-n3c4ccccc4c4ccccc43)cc21. The number of hydrogen-bond donors (Lipinski definition) is 0. The summed E-state index contributed by atoms with van der Waals surface area (Å²) in [5, 5.41) is 22.3. The Morgan fingerprint density at radius 2 is 0.469 bits per heavy atom. The molecule has 0 saturated heterocycles. The quantitative estimate of drug-likeness (QED) is 0.141. The van der Waals surface area contributed by atoms with Gasteiger partial charge in [-0.3, -0.25) is 15.0 Å². The highest BCUT2D eigenvalue weighted by atomic mass is 28.3. The second-order valence-corrected chi connectivity index (χ2v) is 46.4. The molecule has 11 heteroatoms. The lowest BCUT2D eigenvalue weighted by atomic mass is 9.81. The van der Waals surface area contributed by atoms with Crippen LogP contribution in [0.2, 0.25) is 0 Å². The number of benzene rings is 19. The minimum atomic E-state index is -2.80. The monoisotopic (exact) mass is 1860 g/mol. The third kappa shape index (κ3) is 11.7. The molecule has 0 fully saturated rings. The highest BCUT2D eigenvalue weighted by Gasteiger charge is 2.55. The molecule has 1 spiro atoms. The Kier molecular flexibility index (Phi) is 17.5. The maximum atomic E-state index is 6.15. The first-order chi connectivity index (χ1) is 70.6. The molecule has 28 aromatic rings. The van der Waals surface area contributed by atoms with Crippen LogP contribution < -0.4 is 41.5 Å². The Bertz CT molecular complexity index is 9710. The summed E-state index contributed by atoms with van der Waals surface area (Å²) in [6, 6.07) is 167. The number of pyridine rings is 3. The van der Waals surface area contributed by atoms with E-state index in [0.717, 1.165) is 71.8 Å². The molecule has 3 aliphatic heterocycles. The number of nitrogens with zero attached hydrogens (tertiary/aromatic N) is 6. The van der Waals surface area contributed by atoms with E-state index in [1.54, 1.807) is 0 Å². The van der Waals surface area contributed by atoms with Crippen LogP contribution in [0.3, 0.4) is 0 Å². The molecule has 0 unspecified atom stereocenters. The van der Waals surface area contributed by atoms with Gasteiger partial charge in [-0.25, -0.2) is 0 Å². The Balaban J connectivity index is 0.000000101. The molecule has 12 heterocycles. The topological polar surface area (TPSA) is 92.9 Å². The van der Waals surface area contributed by atoms with E-state index in [2.05, 4.69) is 461 Å². The molecule has 9 aromatic heterocycles. The first kappa shape index (κ1) is 80.9. The molecule has 0 amide bonds. The number of hydrogen-bond acceptors (Lipinski definition) is 6. The summed E-state index contributed by atoms with van der Waals surface area (Å²) in [5.74, 6) is 0. The number of aromatic nitrogens is 6. The normalized spacial score (nSPS) is 13.6. The Hall–Kier alpha value is -18.1. The molecule has 143 heavy (non-hydrogen) atoms. The maximum Gasteiger partial charge on any atom is 0.182 e. The molecule has 0 radical (unpaired) electrons. The van der Waals surface area contributed by atoms with Crippen molar-refractivity contribution in [1.29, 1.82) is 0 Å². The van der Waals surface area contributed by atoms with Gasteiger partial charge in [0.15, 0.2) is 32.9 Å². The molecule has 9 nitrogen and oxygen atoms in total. The van der Waals surface area contributed by atoms with Crippen molar-refractivity contribution in [3.63, 3.8) is 0 Å². The van der Waals surface area contributed by atoms with Crippen molar-refractivity contribution in [3.8, 4) is 95.0 Å². The zero-order chi connectivity index (χ0) is 94.1. The van der Waals surface area contributed by atoms with Crippen LogP contribution in [-0.4, -0.2) is 44.8 Å². The Morgan fingerprint density at radius 1 is 0.196 bits per heavy atom. The zero-order valence-corrected chi connectivity index (χ0v) is 79.9. The van der Waals surface area contributed by atoms with Crippen molar-refractivity contribution < 1.29 is 13.3 Å². The molecule has 4 aliphatic rings. The summed E-state index contributed by atoms with van der Waals surface area (Å²) >= 11 is 0. The van der Waals surface area contributed by atoms with E-state index in [-0.39, 0.29) is 5.41 Å². The second kappa shape index (κ2) is 30.9. The molecular weight excluding hydrogens is 1770 g/mol. The van der Waals surface area contributed by atoms with E-state index in [0.29, 0.717) is 0 Å². The average Bonchev–Trinajstić information content (AvgIpc) is 1.50. The number of furan rings is 3. The first-order valence-electron chi connectivity index (χ1n) is 49.1. The largest absolute Gasteiger partial charge is 0.454 e. The molecule has 668 valence electrons. The maximum absolute atomic E-state index is 6.15. The summed E-state index contributed by atoms with van der Waals surface area (Å²) in [7, 11) is -5.52. The van der Waals surface area contributed by atoms with Gasteiger partial charge in [-0.05, 0) is 282 Å². The van der Waals surface area contributed by atoms with Gasteiger partial charge in [0.25, 0.3) is 0 Å². The van der Waals surface area contributed by atoms with E-state index in [9.17, 15) is 0 Å². The molecular formula is C132H84N6O3Si2. The van der Waals surface area contributed by atoms with Crippen LogP contribution in [0, 0.1) is 0 Å². The van der Waals surface area contributed by atoms with Gasteiger partial charge in [-0.2, -0.15) is 0 Å². The third-order valence-corrected chi connectivity index (χ3v) is 41.2. The van der Waals surface area contributed by atoms with Crippen LogP contribution in [0.25, 0.3) is 227 Å². The lowest BCUT2D eigenvalue weighted by molar-refractivity contribution is 0.660. The van der Waals surface area contributed by atoms with E-state index in [1.165, 1.54) is 207 Å². The smallest absolute Gasteiger partial charge is 0.182 e. The standard InChI is InChI=1S/C47H28N2OSi.C47H30N2OSi.C38H26N2O/c1-5-14-39-32(10-1)33-11-2-6-15-40(33)49(39)31-21-23-37-36-22-19-30(29-20-24-41-38(26-29)47-42(50-41)16-9-25-48-47)27-45(36)51(46(37)28-31)43-17-7-3-12-34(43)35-13-4-8-18-44(35)51;1-3-12-34(13-4-1)51(35-14-5-2-6-15-35)45-29-32(31-22-26-43-40(28-31)47-44(50-43)20-11-27-48-47)21-24-38(45)39-25-23-33(30-46(39)51)49-41-18-9-7-16-36(41)37-17-8-10-19-42(37)49;1-38(2)31-21-24(23-14-18-35-30(20-23)37-36(41-35)12-7-19-39-37)13-16-26(31)27-17-15-25(22-32(27)38)40-33-10-5-3-8-28(33)29-9-4-6-11-34(29)40/h1-28H;1-30H;3-22H,1-2H3. The van der Waals surface area contributed by atoms with E-state index in [1.807, 2.05) is 55.0 Å². The van der Waals surface area contributed by atoms with Crippen LogP contribution in [-0.2, 0) is 5.41 Å². The van der Waals surface area contributed by atoms with Gasteiger partial charge in [0.1, 0.15) is 33.3 Å². The van der Waals surface area contributed by atoms with Crippen molar-refractivity contribution in [3.05, 3.63) is 485 Å². The number of rotatable bonds is 8. The molecule has 0 atom stereocenters. The van der Waals surface area contributed by atoms with Crippen molar-refractivity contribution >= 4 is 189 Å². The predicted octanol–water partition coefficient (Wildman–Crippen LogP) is 28.2. The Labute approximate surface area is 824 Å². The molecule has 1 aliphatic carbocycles. The van der Waals surface area contributed by atoms with Crippen LogP contribution in [0.4, 0.5) is 0 Å². The van der Waals surface area contributed by atoms with Crippen molar-refractivity contribution in [2.45, 2.75) is 19.3 Å². The second-order valence-electron chi connectivity index (χ2n) is 39.0. The summed E-state index contributed by atoms with van der Waals surface area (Å²) in [4.78, 5) is 13.9. The van der Waals surface area contributed by atoms with Crippen molar-refractivity contribution in [2.75, 3.05) is 0 Å². The lowest BCUT2D eigenvalue weighted by Gasteiger charge is -2.32. The van der Waals surface area contributed by atoms with Gasteiger partial charge < -0.3 is 27.0 Å². The lowest BCUT2D eigenvalue weighted by Crippen LogP contribution is -2.72.